The molecule has 0 N–H and O–H groups in total. The predicted octanol–water partition coefficient (Wildman–Crippen LogP) is 6.94. The van der Waals surface area contributed by atoms with Crippen LogP contribution in [0.3, 0.4) is 0 Å². The fourth-order valence-electron chi connectivity index (χ4n) is 3.69. The Kier molecular flexibility index (Phi) is 8.03. The molecule has 180 valence electrons. The van der Waals surface area contributed by atoms with E-state index in [1.807, 2.05) is 61.5 Å². The van der Waals surface area contributed by atoms with Gasteiger partial charge in [-0.25, -0.2) is 9.79 Å². The first-order valence-electron chi connectivity index (χ1n) is 11.7. The third kappa shape index (κ3) is 6.20. The summed E-state index contributed by atoms with van der Waals surface area (Å²) in [5.41, 5.74) is 4.18. The van der Waals surface area contributed by atoms with Crippen LogP contribution in [0.2, 0.25) is 0 Å². The molecule has 3 aromatic rings. The first-order valence-corrected chi connectivity index (χ1v) is 12.5. The van der Waals surface area contributed by atoms with Crippen LogP contribution < -0.4 is 9.47 Å². The van der Waals surface area contributed by atoms with Crippen LogP contribution in [-0.4, -0.2) is 25.1 Å². The Morgan fingerprint density at radius 3 is 2.46 bits per heavy atom. The molecule has 0 atom stereocenters. The monoisotopic (exact) mass is 533 g/mol. The van der Waals surface area contributed by atoms with E-state index in [2.05, 4.69) is 46.9 Å². The van der Waals surface area contributed by atoms with Crippen LogP contribution in [-0.2, 0) is 16.0 Å². The number of hydrogen-bond donors (Lipinski definition) is 0. The quantitative estimate of drug-likeness (QED) is 0.221. The van der Waals surface area contributed by atoms with Crippen molar-refractivity contribution in [3.8, 4) is 11.5 Å². The van der Waals surface area contributed by atoms with Crippen molar-refractivity contribution < 1.29 is 19.0 Å². The van der Waals surface area contributed by atoms with Gasteiger partial charge in [0.25, 0.3) is 0 Å². The number of cyclic esters (lactones) is 1. The second kappa shape index (κ2) is 11.4. The average Bonchev–Trinajstić information content (AvgIpc) is 3.21. The standard InChI is InChI=1S/C29H28BrNO4/c1-4-33-26-18-21(16-24(30)27(26)34-15-14-20-8-6-5-7-9-20)17-25-29(32)35-28(31-25)23-12-10-22(11-13-23)19(2)3/h5-13,16-19H,4,14-15H2,1-3H3/b25-17-. The normalized spacial score (nSPS) is 14.3. The summed E-state index contributed by atoms with van der Waals surface area (Å²) in [6.07, 6.45) is 2.48. The van der Waals surface area contributed by atoms with E-state index in [1.54, 1.807) is 6.08 Å². The van der Waals surface area contributed by atoms with Crippen molar-refractivity contribution in [1.82, 2.24) is 0 Å². The highest BCUT2D eigenvalue weighted by Crippen LogP contribution is 2.38. The summed E-state index contributed by atoms with van der Waals surface area (Å²) in [6, 6.07) is 21.8. The molecule has 0 aliphatic carbocycles. The van der Waals surface area contributed by atoms with Crippen molar-refractivity contribution in [3.63, 3.8) is 0 Å². The molecule has 0 aromatic heterocycles. The summed E-state index contributed by atoms with van der Waals surface area (Å²) in [5, 5.41) is 0. The maximum absolute atomic E-state index is 12.5. The molecule has 1 aliphatic rings. The van der Waals surface area contributed by atoms with Gasteiger partial charge in [0, 0.05) is 12.0 Å². The summed E-state index contributed by atoms with van der Waals surface area (Å²) in [6.45, 7) is 7.19. The highest BCUT2D eigenvalue weighted by Gasteiger charge is 2.24. The Morgan fingerprint density at radius 1 is 1.03 bits per heavy atom. The second-order valence-corrected chi connectivity index (χ2v) is 9.31. The Morgan fingerprint density at radius 2 is 1.77 bits per heavy atom. The molecule has 0 radical (unpaired) electrons. The lowest BCUT2D eigenvalue weighted by molar-refractivity contribution is -0.129. The molecule has 1 aliphatic heterocycles. The molecule has 0 spiro atoms. The lowest BCUT2D eigenvalue weighted by atomic mass is 10.0. The van der Waals surface area contributed by atoms with Crippen molar-refractivity contribution in [1.29, 1.82) is 0 Å². The van der Waals surface area contributed by atoms with Crippen molar-refractivity contribution in [3.05, 3.63) is 99.2 Å². The zero-order valence-electron chi connectivity index (χ0n) is 20.1. The number of ether oxygens (including phenoxy) is 3. The highest BCUT2D eigenvalue weighted by molar-refractivity contribution is 9.10. The van der Waals surface area contributed by atoms with Gasteiger partial charge in [-0.3, -0.25) is 0 Å². The molecule has 4 rings (SSSR count). The van der Waals surface area contributed by atoms with Gasteiger partial charge >= 0.3 is 5.97 Å². The SMILES string of the molecule is CCOc1cc(/C=C2\N=C(c3ccc(C(C)C)cc3)OC2=O)cc(Br)c1OCCc1ccccc1. The summed E-state index contributed by atoms with van der Waals surface area (Å²) in [4.78, 5) is 16.9. The van der Waals surface area contributed by atoms with Gasteiger partial charge in [-0.2, -0.15) is 0 Å². The van der Waals surface area contributed by atoms with Gasteiger partial charge in [0.05, 0.1) is 17.7 Å². The van der Waals surface area contributed by atoms with E-state index in [0.717, 1.165) is 22.0 Å². The summed E-state index contributed by atoms with van der Waals surface area (Å²) >= 11 is 3.60. The molecule has 0 saturated carbocycles. The maximum atomic E-state index is 12.5. The zero-order chi connectivity index (χ0) is 24.8. The summed E-state index contributed by atoms with van der Waals surface area (Å²) in [7, 11) is 0. The maximum Gasteiger partial charge on any atom is 0.363 e. The van der Waals surface area contributed by atoms with Crippen LogP contribution in [0.4, 0.5) is 0 Å². The number of halogens is 1. The first-order chi connectivity index (χ1) is 16.9. The number of aliphatic imine (C=N–C) groups is 1. The summed E-state index contributed by atoms with van der Waals surface area (Å²) < 4.78 is 18.1. The number of rotatable bonds is 9. The van der Waals surface area contributed by atoms with Crippen LogP contribution >= 0.6 is 15.9 Å². The average molecular weight is 534 g/mol. The fraction of sp³-hybridized carbons (Fsp3) is 0.241. The van der Waals surface area contributed by atoms with Crippen LogP contribution in [0.25, 0.3) is 6.08 Å². The topological polar surface area (TPSA) is 57.1 Å². The fourth-order valence-corrected chi connectivity index (χ4v) is 4.27. The van der Waals surface area contributed by atoms with Gasteiger partial charge in [0.15, 0.2) is 17.2 Å². The minimum atomic E-state index is -0.481. The van der Waals surface area contributed by atoms with Crippen molar-refractivity contribution in [2.24, 2.45) is 4.99 Å². The van der Waals surface area contributed by atoms with E-state index in [9.17, 15) is 4.79 Å². The number of nitrogens with zero attached hydrogens (tertiary/aromatic N) is 1. The molecule has 0 fully saturated rings. The van der Waals surface area contributed by atoms with E-state index < -0.39 is 5.97 Å². The predicted molar refractivity (Wildman–Crippen MR) is 142 cm³/mol. The third-order valence-electron chi connectivity index (χ3n) is 5.56. The number of esters is 1. The van der Waals surface area contributed by atoms with Crippen molar-refractivity contribution >= 4 is 33.9 Å². The molecule has 35 heavy (non-hydrogen) atoms. The number of carbonyl (C=O) groups is 1. The van der Waals surface area contributed by atoms with E-state index in [-0.39, 0.29) is 5.70 Å². The first kappa shape index (κ1) is 24.7. The van der Waals surface area contributed by atoms with Gasteiger partial charge in [-0.15, -0.1) is 0 Å². The van der Waals surface area contributed by atoms with Gasteiger partial charge in [-0.1, -0.05) is 56.3 Å². The second-order valence-electron chi connectivity index (χ2n) is 8.46. The molecule has 3 aromatic carbocycles. The molecule has 1 heterocycles. The molecule has 0 unspecified atom stereocenters. The van der Waals surface area contributed by atoms with Gasteiger partial charge in [0.1, 0.15) is 0 Å². The van der Waals surface area contributed by atoms with E-state index in [4.69, 9.17) is 14.2 Å². The Balaban J connectivity index is 1.54. The minimum Gasteiger partial charge on any atom is -0.490 e. The largest absolute Gasteiger partial charge is 0.490 e. The number of carbonyl (C=O) groups excluding carboxylic acids is 1. The molecular weight excluding hydrogens is 506 g/mol. The number of hydrogen-bond acceptors (Lipinski definition) is 5. The van der Waals surface area contributed by atoms with E-state index in [0.29, 0.717) is 36.5 Å². The molecule has 5 nitrogen and oxygen atoms in total. The Hall–Kier alpha value is -3.38. The van der Waals surface area contributed by atoms with Gasteiger partial charge in [0.2, 0.25) is 5.90 Å². The lowest BCUT2D eigenvalue weighted by Gasteiger charge is -2.15. The Bertz CT molecular complexity index is 1250. The highest BCUT2D eigenvalue weighted by atomic mass is 79.9. The lowest BCUT2D eigenvalue weighted by Crippen LogP contribution is -2.05. The number of benzene rings is 3. The zero-order valence-corrected chi connectivity index (χ0v) is 21.7. The van der Waals surface area contributed by atoms with Crippen molar-refractivity contribution in [2.75, 3.05) is 13.2 Å². The van der Waals surface area contributed by atoms with Crippen LogP contribution in [0.15, 0.2) is 81.9 Å². The molecule has 0 bridgehead atoms. The van der Waals surface area contributed by atoms with Crippen molar-refractivity contribution in [2.45, 2.75) is 33.1 Å². The van der Waals surface area contributed by atoms with Crippen LogP contribution in [0.1, 0.15) is 48.9 Å². The molecule has 6 heteroatoms. The van der Waals surface area contributed by atoms with Crippen LogP contribution in [0.5, 0.6) is 11.5 Å². The third-order valence-corrected chi connectivity index (χ3v) is 6.15. The molecule has 0 amide bonds. The van der Waals surface area contributed by atoms with E-state index in [1.165, 1.54) is 11.1 Å². The smallest absolute Gasteiger partial charge is 0.363 e. The van der Waals surface area contributed by atoms with Gasteiger partial charge in [-0.05, 0) is 75.8 Å². The Labute approximate surface area is 214 Å². The summed E-state index contributed by atoms with van der Waals surface area (Å²) in [5.74, 6) is 1.48. The van der Waals surface area contributed by atoms with Gasteiger partial charge < -0.3 is 14.2 Å². The minimum absolute atomic E-state index is 0.236. The molecular formula is C29H28BrNO4. The van der Waals surface area contributed by atoms with E-state index >= 15 is 0 Å². The molecule has 0 saturated heterocycles. The van der Waals surface area contributed by atoms with Crippen LogP contribution in [0, 0.1) is 0 Å².